The van der Waals surface area contributed by atoms with Crippen LogP contribution in [0.3, 0.4) is 0 Å². The normalized spacial score (nSPS) is 9.38. The summed E-state index contributed by atoms with van der Waals surface area (Å²) in [6.45, 7) is 0. The molecular weight excluding hydrogens is 188 g/mol. The van der Waals surface area contributed by atoms with Gasteiger partial charge in [-0.1, -0.05) is 12.1 Å². The van der Waals surface area contributed by atoms with E-state index in [-0.39, 0.29) is 5.94 Å². The molecule has 0 aliphatic carbocycles. The van der Waals surface area contributed by atoms with Crippen molar-refractivity contribution >= 4 is 18.6 Å². The molecule has 0 aliphatic heterocycles. The standard InChI is InChI=1S/C9H10O3S/c1-11-9(10)7-4-2-3-5-8(7)12-6-13/h2-5,13H,6H2,1H3. The number of benzene rings is 1. The molecule has 0 bridgehead atoms. The summed E-state index contributed by atoms with van der Waals surface area (Å²) in [5.74, 6) is 0.315. The van der Waals surface area contributed by atoms with Crippen LogP contribution in [-0.2, 0) is 4.74 Å². The first-order valence-corrected chi connectivity index (χ1v) is 4.34. The Morgan fingerprint density at radius 3 is 2.77 bits per heavy atom. The predicted octanol–water partition coefficient (Wildman–Crippen LogP) is 1.74. The Morgan fingerprint density at radius 1 is 1.46 bits per heavy atom. The summed E-state index contributed by atoms with van der Waals surface area (Å²) < 4.78 is 9.70. The Morgan fingerprint density at radius 2 is 2.15 bits per heavy atom. The first kappa shape index (κ1) is 9.92. The number of ether oxygens (including phenoxy) is 2. The highest BCUT2D eigenvalue weighted by Gasteiger charge is 2.10. The summed E-state index contributed by atoms with van der Waals surface area (Å²) in [6.07, 6.45) is 0. The Bertz CT molecular complexity index is 299. The summed E-state index contributed by atoms with van der Waals surface area (Å²) >= 11 is 3.90. The van der Waals surface area contributed by atoms with Crippen molar-refractivity contribution in [2.24, 2.45) is 0 Å². The van der Waals surface area contributed by atoms with Gasteiger partial charge in [0.1, 0.15) is 17.3 Å². The van der Waals surface area contributed by atoms with Crippen LogP contribution in [0.5, 0.6) is 5.75 Å². The van der Waals surface area contributed by atoms with Gasteiger partial charge in [0.25, 0.3) is 0 Å². The van der Waals surface area contributed by atoms with E-state index in [0.29, 0.717) is 11.3 Å². The minimum Gasteiger partial charge on any atom is -0.482 e. The van der Waals surface area contributed by atoms with Crippen LogP contribution >= 0.6 is 12.6 Å². The SMILES string of the molecule is COC(=O)c1ccccc1OCS. The third kappa shape index (κ3) is 2.39. The van der Waals surface area contributed by atoms with Crippen LogP contribution in [0.1, 0.15) is 10.4 Å². The molecule has 3 nitrogen and oxygen atoms in total. The van der Waals surface area contributed by atoms with Crippen LogP contribution in [0, 0.1) is 0 Å². The summed E-state index contributed by atoms with van der Waals surface area (Å²) in [7, 11) is 1.33. The van der Waals surface area contributed by atoms with Gasteiger partial charge >= 0.3 is 5.97 Å². The van der Waals surface area contributed by atoms with Crippen molar-refractivity contribution < 1.29 is 14.3 Å². The molecule has 1 rings (SSSR count). The summed E-state index contributed by atoms with van der Waals surface area (Å²) in [5, 5.41) is 0. The van der Waals surface area contributed by atoms with Crippen molar-refractivity contribution in [2.75, 3.05) is 13.0 Å². The van der Waals surface area contributed by atoms with Gasteiger partial charge in [-0.15, -0.1) is 12.6 Å². The smallest absolute Gasteiger partial charge is 0.341 e. The average Bonchev–Trinajstić information content (AvgIpc) is 2.18. The van der Waals surface area contributed by atoms with Crippen LogP contribution in [0.15, 0.2) is 24.3 Å². The predicted molar refractivity (Wildman–Crippen MR) is 52.3 cm³/mol. The zero-order valence-electron chi connectivity index (χ0n) is 7.19. The number of thiol groups is 1. The topological polar surface area (TPSA) is 35.5 Å². The van der Waals surface area contributed by atoms with Crippen LogP contribution in [0.25, 0.3) is 0 Å². The lowest BCUT2D eigenvalue weighted by Gasteiger charge is -2.06. The molecule has 1 aromatic carbocycles. The van der Waals surface area contributed by atoms with Crippen molar-refractivity contribution in [3.63, 3.8) is 0 Å². The number of carbonyl (C=O) groups is 1. The van der Waals surface area contributed by atoms with Gasteiger partial charge in [0.05, 0.1) is 7.11 Å². The Kier molecular flexibility index (Phi) is 3.64. The molecule has 1 aromatic rings. The number of rotatable bonds is 3. The van der Waals surface area contributed by atoms with E-state index in [1.165, 1.54) is 7.11 Å². The molecule has 0 heterocycles. The zero-order valence-corrected chi connectivity index (χ0v) is 8.08. The molecule has 0 amide bonds. The lowest BCUT2D eigenvalue weighted by Crippen LogP contribution is -2.04. The molecule has 0 atom stereocenters. The fourth-order valence-corrected chi connectivity index (χ4v) is 1.08. The van der Waals surface area contributed by atoms with Crippen LogP contribution in [0.2, 0.25) is 0 Å². The van der Waals surface area contributed by atoms with Crippen molar-refractivity contribution in [1.29, 1.82) is 0 Å². The molecule has 0 aliphatic rings. The van der Waals surface area contributed by atoms with Gasteiger partial charge in [0.15, 0.2) is 0 Å². The van der Waals surface area contributed by atoms with E-state index in [1.54, 1.807) is 24.3 Å². The zero-order chi connectivity index (χ0) is 9.68. The Labute approximate surface area is 82.1 Å². The lowest BCUT2D eigenvalue weighted by molar-refractivity contribution is 0.0597. The van der Waals surface area contributed by atoms with Gasteiger partial charge in [0.2, 0.25) is 0 Å². The molecule has 70 valence electrons. The molecule has 0 N–H and O–H groups in total. The molecule has 0 radical (unpaired) electrons. The lowest BCUT2D eigenvalue weighted by atomic mass is 10.2. The molecule has 0 spiro atoms. The fourth-order valence-electron chi connectivity index (χ4n) is 0.941. The van der Waals surface area contributed by atoms with Gasteiger partial charge in [-0.3, -0.25) is 0 Å². The maximum absolute atomic E-state index is 11.2. The highest BCUT2D eigenvalue weighted by atomic mass is 32.1. The van der Waals surface area contributed by atoms with Gasteiger partial charge < -0.3 is 9.47 Å². The number of methoxy groups -OCH3 is 1. The van der Waals surface area contributed by atoms with E-state index >= 15 is 0 Å². The van der Waals surface area contributed by atoms with Gasteiger partial charge in [-0.05, 0) is 12.1 Å². The minimum absolute atomic E-state index is 0.230. The number of hydrogen-bond acceptors (Lipinski definition) is 4. The summed E-state index contributed by atoms with van der Waals surface area (Å²) in [5.41, 5.74) is 0.416. The maximum atomic E-state index is 11.2. The Balaban J connectivity index is 2.97. The summed E-state index contributed by atoms with van der Waals surface area (Å²) in [6, 6.07) is 6.87. The molecule has 0 fully saturated rings. The van der Waals surface area contributed by atoms with Gasteiger partial charge in [0, 0.05) is 0 Å². The average molecular weight is 198 g/mol. The number of carbonyl (C=O) groups excluding carboxylic acids is 1. The second-order valence-electron chi connectivity index (χ2n) is 2.26. The van der Waals surface area contributed by atoms with Crippen molar-refractivity contribution in [2.45, 2.75) is 0 Å². The van der Waals surface area contributed by atoms with E-state index in [0.717, 1.165) is 0 Å². The molecule has 13 heavy (non-hydrogen) atoms. The van der Waals surface area contributed by atoms with E-state index in [2.05, 4.69) is 17.4 Å². The van der Waals surface area contributed by atoms with Gasteiger partial charge in [-0.2, -0.15) is 0 Å². The van der Waals surface area contributed by atoms with Crippen molar-refractivity contribution in [3.8, 4) is 5.75 Å². The highest BCUT2D eigenvalue weighted by molar-refractivity contribution is 7.80. The Hall–Kier alpha value is -1.16. The molecular formula is C9H10O3S. The van der Waals surface area contributed by atoms with E-state index < -0.39 is 5.97 Å². The quantitative estimate of drug-likeness (QED) is 0.456. The second kappa shape index (κ2) is 4.77. The monoisotopic (exact) mass is 198 g/mol. The maximum Gasteiger partial charge on any atom is 0.341 e. The molecule has 0 unspecified atom stereocenters. The highest BCUT2D eigenvalue weighted by Crippen LogP contribution is 2.18. The van der Waals surface area contributed by atoms with Gasteiger partial charge in [-0.25, -0.2) is 4.79 Å². The van der Waals surface area contributed by atoms with E-state index in [9.17, 15) is 4.79 Å². The van der Waals surface area contributed by atoms with Crippen LogP contribution in [-0.4, -0.2) is 19.0 Å². The van der Waals surface area contributed by atoms with Crippen LogP contribution < -0.4 is 4.74 Å². The fraction of sp³-hybridized carbons (Fsp3) is 0.222. The third-order valence-electron chi connectivity index (χ3n) is 1.51. The third-order valence-corrected chi connectivity index (χ3v) is 1.64. The minimum atomic E-state index is -0.405. The first-order valence-electron chi connectivity index (χ1n) is 3.70. The van der Waals surface area contributed by atoms with E-state index in [1.807, 2.05) is 0 Å². The number of hydrogen-bond donors (Lipinski definition) is 1. The molecule has 0 saturated carbocycles. The van der Waals surface area contributed by atoms with Crippen molar-refractivity contribution in [3.05, 3.63) is 29.8 Å². The molecule has 0 aromatic heterocycles. The van der Waals surface area contributed by atoms with Crippen LogP contribution in [0.4, 0.5) is 0 Å². The summed E-state index contributed by atoms with van der Waals surface area (Å²) in [4.78, 5) is 11.2. The molecule has 0 saturated heterocycles. The number of esters is 1. The van der Waals surface area contributed by atoms with E-state index in [4.69, 9.17) is 4.74 Å². The molecule has 4 heteroatoms. The first-order chi connectivity index (χ1) is 6.29. The largest absolute Gasteiger partial charge is 0.482 e. The number of para-hydroxylation sites is 1. The second-order valence-corrected chi connectivity index (χ2v) is 2.52. The van der Waals surface area contributed by atoms with Crippen molar-refractivity contribution in [1.82, 2.24) is 0 Å².